The second kappa shape index (κ2) is 10.1. The SMILES string of the molecule is CCN(CC)C(=O)N1CCC(C(=O)NCC2(COC)CCNCC2)CC1. The van der Waals surface area contributed by atoms with Gasteiger partial charge in [0.2, 0.25) is 5.91 Å². The lowest BCUT2D eigenvalue weighted by Crippen LogP contribution is -2.50. The zero-order valence-electron chi connectivity index (χ0n) is 16.7. The molecule has 0 atom stereocenters. The number of likely N-dealkylation sites (tertiary alicyclic amines) is 1. The molecule has 7 nitrogen and oxygen atoms in total. The van der Waals surface area contributed by atoms with Crippen molar-refractivity contribution in [2.24, 2.45) is 11.3 Å². The standard InChI is InChI=1S/C19H36N4O3/c1-4-22(5-2)18(25)23-12-6-16(7-13-23)17(24)21-14-19(15-26-3)8-10-20-11-9-19/h16,20H,4-15H2,1-3H3,(H,21,24). The number of carbonyl (C=O) groups is 2. The molecular weight excluding hydrogens is 332 g/mol. The molecule has 2 rings (SSSR count). The predicted octanol–water partition coefficient (Wildman–Crippen LogP) is 1.29. The largest absolute Gasteiger partial charge is 0.384 e. The van der Waals surface area contributed by atoms with Gasteiger partial charge < -0.3 is 25.2 Å². The molecule has 0 spiro atoms. The highest BCUT2D eigenvalue weighted by Crippen LogP contribution is 2.28. The van der Waals surface area contributed by atoms with E-state index in [0.29, 0.717) is 26.2 Å². The number of piperidine rings is 2. The summed E-state index contributed by atoms with van der Waals surface area (Å²) in [4.78, 5) is 28.8. The van der Waals surface area contributed by atoms with Crippen molar-refractivity contribution in [3.63, 3.8) is 0 Å². The molecule has 2 fully saturated rings. The average Bonchev–Trinajstić information content (AvgIpc) is 2.68. The Morgan fingerprint density at radius 3 is 2.35 bits per heavy atom. The molecule has 26 heavy (non-hydrogen) atoms. The van der Waals surface area contributed by atoms with Crippen LogP contribution < -0.4 is 10.6 Å². The molecule has 0 radical (unpaired) electrons. The van der Waals surface area contributed by atoms with Gasteiger partial charge in [-0.3, -0.25) is 4.79 Å². The van der Waals surface area contributed by atoms with Gasteiger partial charge in [-0.2, -0.15) is 0 Å². The first kappa shape index (κ1) is 21.0. The smallest absolute Gasteiger partial charge is 0.319 e. The molecule has 0 aliphatic carbocycles. The van der Waals surface area contributed by atoms with E-state index in [0.717, 1.165) is 51.9 Å². The van der Waals surface area contributed by atoms with E-state index in [4.69, 9.17) is 4.74 Å². The van der Waals surface area contributed by atoms with Crippen LogP contribution in [0.15, 0.2) is 0 Å². The fraction of sp³-hybridized carbons (Fsp3) is 0.895. The molecule has 0 saturated carbocycles. The van der Waals surface area contributed by atoms with Crippen molar-refractivity contribution in [3.05, 3.63) is 0 Å². The minimum atomic E-state index is 0.0112. The second-order valence-corrected chi connectivity index (χ2v) is 7.62. The summed E-state index contributed by atoms with van der Waals surface area (Å²) in [5, 5.41) is 6.55. The summed E-state index contributed by atoms with van der Waals surface area (Å²) in [5.74, 6) is 0.144. The second-order valence-electron chi connectivity index (χ2n) is 7.62. The molecule has 150 valence electrons. The first-order chi connectivity index (χ1) is 12.5. The molecule has 2 N–H and O–H groups in total. The number of hydrogen-bond donors (Lipinski definition) is 2. The molecule has 0 bridgehead atoms. The van der Waals surface area contributed by atoms with Gasteiger partial charge >= 0.3 is 6.03 Å². The van der Waals surface area contributed by atoms with Gasteiger partial charge in [-0.15, -0.1) is 0 Å². The van der Waals surface area contributed by atoms with Crippen LogP contribution in [0.3, 0.4) is 0 Å². The number of nitrogens with zero attached hydrogens (tertiary/aromatic N) is 2. The Bertz CT molecular complexity index is 448. The highest BCUT2D eigenvalue weighted by atomic mass is 16.5. The zero-order valence-corrected chi connectivity index (χ0v) is 16.7. The first-order valence-corrected chi connectivity index (χ1v) is 10.1. The van der Waals surface area contributed by atoms with Crippen LogP contribution in [-0.2, 0) is 9.53 Å². The normalized spacial score (nSPS) is 20.7. The van der Waals surface area contributed by atoms with E-state index in [1.54, 1.807) is 7.11 Å². The van der Waals surface area contributed by atoms with Crippen LogP contribution in [-0.4, -0.2) is 81.3 Å². The Morgan fingerprint density at radius 1 is 1.19 bits per heavy atom. The molecule has 7 heteroatoms. The number of carbonyl (C=O) groups excluding carboxylic acids is 2. The molecule has 2 heterocycles. The van der Waals surface area contributed by atoms with Crippen molar-refractivity contribution in [1.29, 1.82) is 0 Å². The molecule has 0 aromatic heterocycles. The number of rotatable bonds is 7. The Kier molecular flexibility index (Phi) is 8.15. The first-order valence-electron chi connectivity index (χ1n) is 10.1. The topological polar surface area (TPSA) is 73.9 Å². The van der Waals surface area contributed by atoms with E-state index >= 15 is 0 Å². The molecular formula is C19H36N4O3. The maximum atomic E-state index is 12.6. The zero-order chi connectivity index (χ0) is 19.0. The predicted molar refractivity (Wildman–Crippen MR) is 102 cm³/mol. The van der Waals surface area contributed by atoms with Gasteiger partial charge in [-0.1, -0.05) is 0 Å². The Labute approximate surface area is 157 Å². The van der Waals surface area contributed by atoms with Crippen LogP contribution in [0.2, 0.25) is 0 Å². The summed E-state index contributed by atoms with van der Waals surface area (Å²) < 4.78 is 5.42. The summed E-state index contributed by atoms with van der Waals surface area (Å²) in [7, 11) is 1.73. The van der Waals surface area contributed by atoms with Gasteiger partial charge in [-0.05, 0) is 52.6 Å². The van der Waals surface area contributed by atoms with Gasteiger partial charge in [0.15, 0.2) is 0 Å². The molecule has 0 aromatic rings. The van der Waals surface area contributed by atoms with Crippen molar-refractivity contribution >= 4 is 11.9 Å². The van der Waals surface area contributed by atoms with E-state index < -0.39 is 0 Å². The van der Waals surface area contributed by atoms with E-state index in [-0.39, 0.29) is 23.3 Å². The van der Waals surface area contributed by atoms with Crippen molar-refractivity contribution in [2.45, 2.75) is 39.5 Å². The summed E-state index contributed by atoms with van der Waals surface area (Å²) in [6, 6.07) is 0.0996. The summed E-state index contributed by atoms with van der Waals surface area (Å²) in [5.41, 5.74) is 0.0507. The lowest BCUT2D eigenvalue weighted by atomic mass is 9.79. The van der Waals surface area contributed by atoms with Gasteiger partial charge in [-0.25, -0.2) is 4.79 Å². The van der Waals surface area contributed by atoms with Crippen LogP contribution in [0.5, 0.6) is 0 Å². The number of ether oxygens (including phenoxy) is 1. The van der Waals surface area contributed by atoms with Crippen molar-refractivity contribution in [1.82, 2.24) is 20.4 Å². The number of methoxy groups -OCH3 is 1. The maximum absolute atomic E-state index is 12.6. The minimum absolute atomic E-state index is 0.0112. The quantitative estimate of drug-likeness (QED) is 0.710. The highest BCUT2D eigenvalue weighted by molar-refractivity contribution is 5.79. The van der Waals surface area contributed by atoms with Gasteiger partial charge in [0.05, 0.1) is 6.61 Å². The van der Waals surface area contributed by atoms with E-state index in [1.807, 2.05) is 23.6 Å². The van der Waals surface area contributed by atoms with Crippen LogP contribution in [0.1, 0.15) is 39.5 Å². The van der Waals surface area contributed by atoms with Crippen molar-refractivity contribution in [3.8, 4) is 0 Å². The van der Waals surface area contributed by atoms with Gasteiger partial charge in [0.1, 0.15) is 0 Å². The number of nitrogens with one attached hydrogen (secondary N) is 2. The Hall–Kier alpha value is -1.34. The van der Waals surface area contributed by atoms with Crippen molar-refractivity contribution < 1.29 is 14.3 Å². The molecule has 3 amide bonds. The maximum Gasteiger partial charge on any atom is 0.319 e. The van der Waals surface area contributed by atoms with Crippen LogP contribution in [0, 0.1) is 11.3 Å². The fourth-order valence-electron chi connectivity index (χ4n) is 4.08. The molecule has 2 saturated heterocycles. The van der Waals surface area contributed by atoms with Gasteiger partial charge in [0.25, 0.3) is 0 Å². The summed E-state index contributed by atoms with van der Waals surface area (Å²) >= 11 is 0. The fourth-order valence-corrected chi connectivity index (χ4v) is 4.08. The Morgan fingerprint density at radius 2 is 1.81 bits per heavy atom. The van der Waals surface area contributed by atoms with E-state index in [9.17, 15) is 9.59 Å². The third kappa shape index (κ3) is 5.33. The third-order valence-electron chi connectivity index (χ3n) is 5.92. The molecule has 2 aliphatic rings. The monoisotopic (exact) mass is 368 g/mol. The molecule has 2 aliphatic heterocycles. The average molecular weight is 369 g/mol. The highest BCUT2D eigenvalue weighted by Gasteiger charge is 2.34. The molecule has 0 aromatic carbocycles. The number of amides is 3. The van der Waals surface area contributed by atoms with E-state index in [1.165, 1.54) is 0 Å². The van der Waals surface area contributed by atoms with Crippen LogP contribution in [0.4, 0.5) is 4.79 Å². The van der Waals surface area contributed by atoms with Crippen LogP contribution >= 0.6 is 0 Å². The van der Waals surface area contributed by atoms with E-state index in [2.05, 4.69) is 10.6 Å². The lowest BCUT2D eigenvalue weighted by molar-refractivity contribution is -0.127. The lowest BCUT2D eigenvalue weighted by Gasteiger charge is -2.38. The van der Waals surface area contributed by atoms with Crippen LogP contribution in [0.25, 0.3) is 0 Å². The summed E-state index contributed by atoms with van der Waals surface area (Å²) in [6.45, 7) is 10.1. The minimum Gasteiger partial charge on any atom is -0.384 e. The molecule has 0 unspecified atom stereocenters. The van der Waals surface area contributed by atoms with Crippen molar-refractivity contribution in [2.75, 3.05) is 59.5 Å². The summed E-state index contributed by atoms with van der Waals surface area (Å²) in [6.07, 6.45) is 3.55. The third-order valence-corrected chi connectivity index (χ3v) is 5.92. The number of hydrogen-bond acceptors (Lipinski definition) is 4. The number of urea groups is 1. The Balaban J connectivity index is 1.79. The van der Waals surface area contributed by atoms with Gasteiger partial charge in [0, 0.05) is 51.2 Å².